The van der Waals surface area contributed by atoms with Gasteiger partial charge < -0.3 is 10.1 Å². The number of hydrogen-bond acceptors (Lipinski definition) is 4. The van der Waals surface area contributed by atoms with Gasteiger partial charge >= 0.3 is 5.69 Å². The van der Waals surface area contributed by atoms with Gasteiger partial charge in [-0.3, -0.25) is 9.36 Å². The first-order valence-corrected chi connectivity index (χ1v) is 6.56. The SMILES string of the molecule is Cn1cnn(CC(=O)NC2CC23CCOCC3)c1=O. The molecule has 1 aromatic heterocycles. The number of nitrogens with zero attached hydrogens (tertiary/aromatic N) is 3. The van der Waals surface area contributed by atoms with Gasteiger partial charge in [-0.1, -0.05) is 0 Å². The first-order chi connectivity index (χ1) is 9.11. The van der Waals surface area contributed by atoms with Gasteiger partial charge in [-0.05, 0) is 24.7 Å². The Hall–Kier alpha value is -1.63. The first kappa shape index (κ1) is 12.4. The van der Waals surface area contributed by atoms with Crippen LogP contribution in [0.25, 0.3) is 0 Å². The summed E-state index contributed by atoms with van der Waals surface area (Å²) in [5.41, 5.74) is -0.0186. The average Bonchev–Trinajstić information content (AvgIpc) is 2.94. The van der Waals surface area contributed by atoms with E-state index in [1.54, 1.807) is 7.05 Å². The molecule has 1 aliphatic carbocycles. The molecule has 2 aliphatic rings. The molecule has 7 heteroatoms. The van der Waals surface area contributed by atoms with E-state index in [4.69, 9.17) is 4.74 Å². The minimum absolute atomic E-state index is 0.0112. The fraction of sp³-hybridized carbons (Fsp3) is 0.750. The second-order valence-electron chi connectivity index (χ2n) is 5.48. The molecule has 1 atom stereocenters. The quantitative estimate of drug-likeness (QED) is 0.782. The van der Waals surface area contributed by atoms with Crippen LogP contribution in [-0.4, -0.2) is 39.5 Å². The fourth-order valence-electron chi connectivity index (χ4n) is 2.79. The van der Waals surface area contributed by atoms with E-state index in [1.165, 1.54) is 15.6 Å². The number of amides is 1. The van der Waals surface area contributed by atoms with Crippen molar-refractivity contribution in [2.24, 2.45) is 12.5 Å². The molecule has 2 fully saturated rings. The number of carbonyl (C=O) groups excluding carboxylic acids is 1. The predicted molar refractivity (Wildman–Crippen MR) is 66.5 cm³/mol. The molecule has 3 rings (SSSR count). The molecule has 1 aromatic rings. The zero-order valence-electron chi connectivity index (χ0n) is 11.0. The monoisotopic (exact) mass is 266 g/mol. The van der Waals surface area contributed by atoms with Crippen LogP contribution in [0.3, 0.4) is 0 Å². The Morgan fingerprint density at radius 3 is 2.95 bits per heavy atom. The maximum absolute atomic E-state index is 11.9. The maximum Gasteiger partial charge on any atom is 0.345 e. The summed E-state index contributed by atoms with van der Waals surface area (Å²) < 4.78 is 7.87. The van der Waals surface area contributed by atoms with Gasteiger partial charge in [0.1, 0.15) is 12.9 Å². The summed E-state index contributed by atoms with van der Waals surface area (Å²) in [4.78, 5) is 23.5. The number of rotatable bonds is 3. The Bertz CT molecular complexity index is 541. The average molecular weight is 266 g/mol. The third kappa shape index (κ3) is 2.30. The molecular formula is C12H18N4O3. The van der Waals surface area contributed by atoms with Crippen molar-refractivity contribution in [1.82, 2.24) is 19.7 Å². The van der Waals surface area contributed by atoms with Crippen LogP contribution in [0.15, 0.2) is 11.1 Å². The van der Waals surface area contributed by atoms with Gasteiger partial charge in [-0.25, -0.2) is 9.48 Å². The van der Waals surface area contributed by atoms with Gasteiger partial charge in [0.05, 0.1) is 0 Å². The zero-order chi connectivity index (χ0) is 13.5. The molecule has 1 saturated carbocycles. The van der Waals surface area contributed by atoms with Crippen molar-refractivity contribution in [2.75, 3.05) is 13.2 Å². The van der Waals surface area contributed by atoms with Gasteiger partial charge in [0.2, 0.25) is 5.91 Å². The van der Waals surface area contributed by atoms with Gasteiger partial charge in [0.15, 0.2) is 0 Å². The van der Waals surface area contributed by atoms with Gasteiger partial charge in [-0.2, -0.15) is 5.10 Å². The fourth-order valence-corrected chi connectivity index (χ4v) is 2.79. The van der Waals surface area contributed by atoms with Crippen LogP contribution in [0.5, 0.6) is 0 Å². The highest BCUT2D eigenvalue weighted by atomic mass is 16.5. The van der Waals surface area contributed by atoms with E-state index in [0.717, 1.165) is 32.5 Å². The topological polar surface area (TPSA) is 78.2 Å². The molecule has 104 valence electrons. The number of hydrogen-bond donors (Lipinski definition) is 1. The minimum atomic E-state index is -0.272. The molecule has 1 unspecified atom stereocenters. The molecule has 0 radical (unpaired) electrons. The van der Waals surface area contributed by atoms with E-state index in [-0.39, 0.29) is 29.6 Å². The van der Waals surface area contributed by atoms with Crippen LogP contribution in [0.2, 0.25) is 0 Å². The predicted octanol–water partition coefficient (Wildman–Crippen LogP) is -0.733. The standard InChI is InChI=1S/C12H18N4O3/c1-15-8-13-16(11(15)18)7-10(17)14-9-6-12(9)2-4-19-5-3-12/h8-9H,2-7H2,1H3,(H,14,17). The van der Waals surface area contributed by atoms with Gasteiger partial charge in [-0.15, -0.1) is 0 Å². The highest BCUT2D eigenvalue weighted by molar-refractivity contribution is 5.76. The summed E-state index contributed by atoms with van der Waals surface area (Å²) in [6, 6.07) is 0.239. The Morgan fingerprint density at radius 1 is 1.58 bits per heavy atom. The highest BCUT2D eigenvalue weighted by Crippen LogP contribution is 2.53. The number of ether oxygens (including phenoxy) is 1. The van der Waals surface area contributed by atoms with Crippen molar-refractivity contribution in [3.05, 3.63) is 16.8 Å². The van der Waals surface area contributed by atoms with Crippen LogP contribution in [0, 0.1) is 5.41 Å². The van der Waals surface area contributed by atoms with E-state index in [1.807, 2.05) is 0 Å². The molecular weight excluding hydrogens is 248 g/mol. The van der Waals surface area contributed by atoms with Crippen molar-refractivity contribution in [2.45, 2.75) is 31.8 Å². The molecule has 1 N–H and O–H groups in total. The van der Waals surface area contributed by atoms with Crippen LogP contribution in [0.4, 0.5) is 0 Å². The van der Waals surface area contributed by atoms with E-state index in [2.05, 4.69) is 10.4 Å². The molecule has 1 amide bonds. The lowest BCUT2D eigenvalue weighted by Gasteiger charge is -2.22. The van der Waals surface area contributed by atoms with Gasteiger partial charge in [0, 0.05) is 26.3 Å². The summed E-state index contributed by atoms with van der Waals surface area (Å²) in [5, 5.41) is 6.87. The lowest BCUT2D eigenvalue weighted by atomic mass is 9.96. The van der Waals surface area contributed by atoms with Crippen molar-refractivity contribution in [3.63, 3.8) is 0 Å². The Morgan fingerprint density at radius 2 is 2.32 bits per heavy atom. The lowest BCUT2D eigenvalue weighted by Crippen LogP contribution is -2.37. The second kappa shape index (κ2) is 4.48. The van der Waals surface area contributed by atoms with E-state index in [9.17, 15) is 9.59 Å². The van der Waals surface area contributed by atoms with Crippen molar-refractivity contribution >= 4 is 5.91 Å². The third-order valence-electron chi connectivity index (χ3n) is 4.19. The van der Waals surface area contributed by atoms with E-state index >= 15 is 0 Å². The molecule has 0 aromatic carbocycles. The molecule has 2 heterocycles. The van der Waals surface area contributed by atoms with E-state index < -0.39 is 0 Å². The number of nitrogens with one attached hydrogen (secondary N) is 1. The molecule has 1 saturated heterocycles. The smallest absolute Gasteiger partial charge is 0.345 e. The van der Waals surface area contributed by atoms with Crippen molar-refractivity contribution in [1.29, 1.82) is 0 Å². The molecule has 0 bridgehead atoms. The molecule has 19 heavy (non-hydrogen) atoms. The molecule has 7 nitrogen and oxygen atoms in total. The van der Waals surface area contributed by atoms with Crippen LogP contribution < -0.4 is 11.0 Å². The second-order valence-corrected chi connectivity index (χ2v) is 5.48. The summed E-state index contributed by atoms with van der Waals surface area (Å²) in [6.07, 6.45) is 4.47. The normalized spacial score (nSPS) is 24.4. The summed E-state index contributed by atoms with van der Waals surface area (Å²) in [7, 11) is 1.61. The van der Waals surface area contributed by atoms with Crippen LogP contribution in [-0.2, 0) is 23.1 Å². The van der Waals surface area contributed by atoms with Crippen molar-refractivity contribution in [3.8, 4) is 0 Å². The Labute approximate surface area is 110 Å². The number of aromatic nitrogens is 3. The summed E-state index contributed by atoms with van der Waals surface area (Å²) >= 11 is 0. The first-order valence-electron chi connectivity index (χ1n) is 6.56. The third-order valence-corrected chi connectivity index (χ3v) is 4.19. The highest BCUT2D eigenvalue weighted by Gasteiger charge is 2.54. The molecule has 1 aliphatic heterocycles. The Balaban J connectivity index is 1.55. The largest absolute Gasteiger partial charge is 0.381 e. The van der Waals surface area contributed by atoms with Crippen molar-refractivity contribution < 1.29 is 9.53 Å². The molecule has 1 spiro atoms. The number of carbonyl (C=O) groups is 1. The minimum Gasteiger partial charge on any atom is -0.381 e. The summed E-state index contributed by atoms with van der Waals surface area (Å²) in [5.74, 6) is -0.144. The summed E-state index contributed by atoms with van der Waals surface area (Å²) in [6.45, 7) is 1.56. The van der Waals surface area contributed by atoms with Crippen LogP contribution in [0.1, 0.15) is 19.3 Å². The van der Waals surface area contributed by atoms with E-state index in [0.29, 0.717) is 0 Å². The zero-order valence-corrected chi connectivity index (χ0v) is 11.0. The lowest BCUT2D eigenvalue weighted by molar-refractivity contribution is -0.122. The number of aryl methyl sites for hydroxylation is 1. The Kier molecular flexibility index (Phi) is 2.93. The van der Waals surface area contributed by atoms with Crippen LogP contribution >= 0.6 is 0 Å². The maximum atomic E-state index is 11.9. The van der Waals surface area contributed by atoms with Gasteiger partial charge in [0.25, 0.3) is 0 Å².